The molecule has 136 valence electrons. The number of carboxylic acids is 1. The van der Waals surface area contributed by atoms with E-state index >= 15 is 0 Å². The zero-order chi connectivity index (χ0) is 18.0. The second-order valence-corrected chi connectivity index (χ2v) is 7.14. The third-order valence-corrected chi connectivity index (χ3v) is 5.51. The number of hydrogen-bond acceptors (Lipinski definition) is 4. The van der Waals surface area contributed by atoms with Crippen molar-refractivity contribution in [3.05, 3.63) is 23.8 Å². The minimum atomic E-state index is -0.996. The quantitative estimate of drug-likeness (QED) is 0.821. The van der Waals surface area contributed by atoms with Crippen molar-refractivity contribution in [2.45, 2.75) is 38.6 Å². The van der Waals surface area contributed by atoms with Gasteiger partial charge in [-0.2, -0.15) is 0 Å². The van der Waals surface area contributed by atoms with E-state index in [-0.39, 0.29) is 30.3 Å². The Hall–Kier alpha value is -2.24. The summed E-state index contributed by atoms with van der Waals surface area (Å²) >= 11 is 0. The predicted octanol–water partition coefficient (Wildman–Crippen LogP) is 2.70. The Morgan fingerprint density at radius 1 is 1.16 bits per heavy atom. The molecule has 0 aromatic heterocycles. The fraction of sp³-hybridized carbons (Fsp3) is 0.579. The SMILES string of the molecule is COc1cc(CN(CC(=O)O)C(=O)C2CC23CCCC3)cc(OC)c1. The second kappa shape index (κ2) is 6.94. The van der Waals surface area contributed by atoms with Crippen LogP contribution in [-0.4, -0.2) is 42.6 Å². The lowest BCUT2D eigenvalue weighted by molar-refractivity contribution is -0.145. The summed E-state index contributed by atoms with van der Waals surface area (Å²) in [5, 5.41) is 9.23. The molecule has 0 aliphatic heterocycles. The van der Waals surface area contributed by atoms with Gasteiger partial charge in [0.15, 0.2) is 0 Å². The number of nitrogens with zero attached hydrogens (tertiary/aromatic N) is 1. The molecule has 0 bridgehead atoms. The summed E-state index contributed by atoms with van der Waals surface area (Å²) in [5.41, 5.74) is 0.951. The van der Waals surface area contributed by atoms with Crippen molar-refractivity contribution in [1.82, 2.24) is 4.90 Å². The molecule has 6 heteroatoms. The average molecular weight is 347 g/mol. The van der Waals surface area contributed by atoms with Gasteiger partial charge in [0, 0.05) is 18.5 Å². The first-order valence-corrected chi connectivity index (χ1v) is 8.70. The Kier molecular flexibility index (Phi) is 4.88. The summed E-state index contributed by atoms with van der Waals surface area (Å²) in [4.78, 5) is 25.6. The number of hydrogen-bond donors (Lipinski definition) is 1. The van der Waals surface area contributed by atoms with Crippen LogP contribution in [0.25, 0.3) is 0 Å². The maximum absolute atomic E-state index is 12.9. The van der Waals surface area contributed by atoms with Crippen LogP contribution in [0.3, 0.4) is 0 Å². The summed E-state index contributed by atoms with van der Waals surface area (Å²) in [6.45, 7) is -0.0454. The van der Waals surface area contributed by atoms with Crippen LogP contribution in [0, 0.1) is 11.3 Å². The molecule has 2 fully saturated rings. The van der Waals surface area contributed by atoms with Gasteiger partial charge in [-0.25, -0.2) is 0 Å². The predicted molar refractivity (Wildman–Crippen MR) is 91.6 cm³/mol. The summed E-state index contributed by atoms with van der Waals surface area (Å²) in [7, 11) is 3.12. The molecule has 1 unspecified atom stereocenters. The van der Waals surface area contributed by atoms with Crippen LogP contribution in [-0.2, 0) is 16.1 Å². The zero-order valence-electron chi connectivity index (χ0n) is 14.8. The Morgan fingerprint density at radius 3 is 2.28 bits per heavy atom. The summed E-state index contributed by atoms with van der Waals surface area (Å²) in [5.74, 6) is 0.198. The van der Waals surface area contributed by atoms with Gasteiger partial charge in [-0.3, -0.25) is 9.59 Å². The maximum atomic E-state index is 12.9. The summed E-state index contributed by atoms with van der Waals surface area (Å²) in [6, 6.07) is 5.37. The van der Waals surface area contributed by atoms with Gasteiger partial charge in [0.25, 0.3) is 0 Å². The molecule has 2 aliphatic carbocycles. The number of aliphatic carboxylic acids is 1. The molecule has 2 saturated carbocycles. The minimum Gasteiger partial charge on any atom is -0.497 e. The number of benzene rings is 1. The van der Waals surface area contributed by atoms with Crippen molar-refractivity contribution in [3.8, 4) is 11.5 Å². The molecular weight excluding hydrogens is 322 g/mol. The lowest BCUT2D eigenvalue weighted by Gasteiger charge is -2.23. The van der Waals surface area contributed by atoms with Crippen LogP contribution >= 0.6 is 0 Å². The zero-order valence-corrected chi connectivity index (χ0v) is 14.8. The highest BCUT2D eigenvalue weighted by molar-refractivity contribution is 5.86. The van der Waals surface area contributed by atoms with Crippen LogP contribution in [0.15, 0.2) is 18.2 Å². The fourth-order valence-electron chi connectivity index (χ4n) is 4.10. The summed E-state index contributed by atoms with van der Waals surface area (Å²) < 4.78 is 10.5. The molecular formula is C19H25NO5. The standard InChI is InChI=1S/C19H25NO5/c1-24-14-7-13(8-15(9-14)25-2)11-20(12-17(21)22)18(23)16-10-19(16)5-3-4-6-19/h7-9,16H,3-6,10-12H2,1-2H3,(H,21,22). The third-order valence-electron chi connectivity index (χ3n) is 5.51. The van der Waals surface area contributed by atoms with Crippen molar-refractivity contribution >= 4 is 11.9 Å². The molecule has 25 heavy (non-hydrogen) atoms. The molecule has 1 spiro atoms. The third kappa shape index (κ3) is 3.72. The number of amides is 1. The van der Waals surface area contributed by atoms with Crippen molar-refractivity contribution in [1.29, 1.82) is 0 Å². The van der Waals surface area contributed by atoms with E-state index in [0.29, 0.717) is 11.5 Å². The molecule has 1 amide bonds. The van der Waals surface area contributed by atoms with Crippen molar-refractivity contribution in [3.63, 3.8) is 0 Å². The molecule has 0 saturated heterocycles. The summed E-state index contributed by atoms with van der Waals surface area (Å²) in [6.07, 6.45) is 5.45. The normalized spacial score (nSPS) is 20.3. The van der Waals surface area contributed by atoms with Gasteiger partial charge in [0.2, 0.25) is 5.91 Å². The number of ether oxygens (including phenoxy) is 2. The van der Waals surface area contributed by atoms with Gasteiger partial charge in [0.05, 0.1) is 14.2 Å². The van der Waals surface area contributed by atoms with Crippen LogP contribution < -0.4 is 9.47 Å². The van der Waals surface area contributed by atoms with Crippen molar-refractivity contribution in [2.24, 2.45) is 11.3 Å². The van der Waals surface area contributed by atoms with Crippen molar-refractivity contribution in [2.75, 3.05) is 20.8 Å². The Balaban J connectivity index is 1.77. The fourth-order valence-corrected chi connectivity index (χ4v) is 4.10. The smallest absolute Gasteiger partial charge is 0.323 e. The van der Waals surface area contributed by atoms with Gasteiger partial charge in [0.1, 0.15) is 18.0 Å². The topological polar surface area (TPSA) is 76.1 Å². The van der Waals surface area contributed by atoms with E-state index < -0.39 is 5.97 Å². The van der Waals surface area contributed by atoms with Crippen molar-refractivity contribution < 1.29 is 24.2 Å². The molecule has 0 radical (unpaired) electrons. The lowest BCUT2D eigenvalue weighted by atomic mass is 10.0. The first kappa shape index (κ1) is 17.6. The number of carbonyl (C=O) groups excluding carboxylic acids is 1. The molecule has 1 aromatic carbocycles. The number of methoxy groups -OCH3 is 2. The van der Waals surface area contributed by atoms with Gasteiger partial charge >= 0.3 is 5.97 Å². The lowest BCUT2D eigenvalue weighted by Crippen LogP contribution is -2.37. The van der Waals surface area contributed by atoms with Crippen LogP contribution in [0.5, 0.6) is 11.5 Å². The number of rotatable bonds is 7. The van der Waals surface area contributed by atoms with Gasteiger partial charge in [-0.05, 0) is 42.4 Å². The molecule has 0 heterocycles. The Morgan fingerprint density at radius 2 is 1.76 bits per heavy atom. The van der Waals surface area contributed by atoms with E-state index in [9.17, 15) is 14.7 Å². The average Bonchev–Trinajstić information content (AvgIpc) is 3.09. The van der Waals surface area contributed by atoms with Crippen LogP contribution in [0.1, 0.15) is 37.7 Å². The molecule has 1 aromatic rings. The minimum absolute atomic E-state index is 0.0122. The highest BCUT2D eigenvalue weighted by atomic mass is 16.5. The molecule has 6 nitrogen and oxygen atoms in total. The van der Waals surface area contributed by atoms with Gasteiger partial charge < -0.3 is 19.5 Å². The largest absolute Gasteiger partial charge is 0.497 e. The van der Waals surface area contributed by atoms with E-state index in [1.165, 1.54) is 17.7 Å². The second-order valence-electron chi connectivity index (χ2n) is 7.14. The first-order valence-electron chi connectivity index (χ1n) is 8.70. The van der Waals surface area contributed by atoms with E-state index in [4.69, 9.17) is 9.47 Å². The maximum Gasteiger partial charge on any atom is 0.323 e. The van der Waals surface area contributed by atoms with Gasteiger partial charge in [-0.15, -0.1) is 0 Å². The van der Waals surface area contributed by atoms with E-state index in [1.54, 1.807) is 20.3 Å². The first-order chi connectivity index (χ1) is 12.0. The highest BCUT2D eigenvalue weighted by Gasteiger charge is 2.59. The van der Waals surface area contributed by atoms with Crippen LogP contribution in [0.2, 0.25) is 0 Å². The molecule has 1 atom stereocenters. The highest BCUT2D eigenvalue weighted by Crippen LogP contribution is 2.63. The Bertz CT molecular complexity index is 644. The molecule has 3 rings (SSSR count). The Labute approximate surface area is 147 Å². The monoisotopic (exact) mass is 347 g/mol. The van der Waals surface area contributed by atoms with E-state index in [1.807, 2.05) is 12.1 Å². The molecule has 2 aliphatic rings. The number of carbonyl (C=O) groups is 2. The number of carboxylic acid groups (broad SMARTS) is 1. The molecule has 1 N–H and O–H groups in total. The van der Waals surface area contributed by atoms with Gasteiger partial charge in [-0.1, -0.05) is 12.8 Å². The van der Waals surface area contributed by atoms with Crippen LogP contribution in [0.4, 0.5) is 0 Å². The van der Waals surface area contributed by atoms with E-state index in [2.05, 4.69) is 0 Å². The van der Waals surface area contributed by atoms with E-state index in [0.717, 1.165) is 24.8 Å².